The van der Waals surface area contributed by atoms with E-state index in [0.29, 0.717) is 5.56 Å². The lowest BCUT2D eigenvalue weighted by atomic mass is 9.97. The van der Waals surface area contributed by atoms with Gasteiger partial charge >= 0.3 is 0 Å². The molecule has 0 spiro atoms. The number of hydrogen-bond donors (Lipinski definition) is 1. The summed E-state index contributed by atoms with van der Waals surface area (Å²) in [5.74, 6) is -1.42. The van der Waals surface area contributed by atoms with Crippen molar-refractivity contribution in [3.63, 3.8) is 0 Å². The summed E-state index contributed by atoms with van der Waals surface area (Å²) in [5.41, 5.74) is -0.0512. The maximum absolute atomic E-state index is 14.0. The van der Waals surface area contributed by atoms with Crippen molar-refractivity contribution in [3.05, 3.63) is 34.9 Å². The molecule has 18 heavy (non-hydrogen) atoms. The second-order valence-electron chi connectivity index (χ2n) is 6.46. The number of halogens is 2. The monoisotopic (exact) mass is 254 g/mol. The highest BCUT2D eigenvalue weighted by atomic mass is 19.1. The van der Waals surface area contributed by atoms with Gasteiger partial charge in [-0.2, -0.15) is 0 Å². The first-order valence-corrected chi connectivity index (χ1v) is 6.25. The first-order valence-electron chi connectivity index (χ1n) is 6.25. The number of rotatable bonds is 2. The van der Waals surface area contributed by atoms with Crippen LogP contribution < -0.4 is 0 Å². The molecule has 0 bridgehead atoms. The maximum Gasteiger partial charge on any atom is 0.134 e. The van der Waals surface area contributed by atoms with Gasteiger partial charge in [0.2, 0.25) is 0 Å². The highest BCUT2D eigenvalue weighted by Crippen LogP contribution is 2.72. The SMILES string of the molecule is Cc1ccc(F)c(C(O)C2C(C)(C)C2(C)C)c1F. The quantitative estimate of drug-likeness (QED) is 0.846. The van der Waals surface area contributed by atoms with Crippen molar-refractivity contribution in [2.45, 2.75) is 40.7 Å². The van der Waals surface area contributed by atoms with Gasteiger partial charge in [-0.15, -0.1) is 0 Å². The summed E-state index contributed by atoms with van der Waals surface area (Å²) in [6.07, 6.45) is -1.09. The molecule has 1 atom stereocenters. The summed E-state index contributed by atoms with van der Waals surface area (Å²) >= 11 is 0. The van der Waals surface area contributed by atoms with Crippen LogP contribution in [0.2, 0.25) is 0 Å². The van der Waals surface area contributed by atoms with Crippen LogP contribution in [0.4, 0.5) is 8.78 Å². The van der Waals surface area contributed by atoms with E-state index in [-0.39, 0.29) is 22.3 Å². The maximum atomic E-state index is 14.0. The van der Waals surface area contributed by atoms with Gasteiger partial charge in [-0.3, -0.25) is 0 Å². The summed E-state index contributed by atoms with van der Waals surface area (Å²) in [6, 6.07) is 2.61. The van der Waals surface area contributed by atoms with Gasteiger partial charge in [0.25, 0.3) is 0 Å². The number of aliphatic hydroxyl groups is 1. The van der Waals surface area contributed by atoms with Crippen LogP contribution in [-0.2, 0) is 0 Å². The van der Waals surface area contributed by atoms with Crippen molar-refractivity contribution >= 4 is 0 Å². The molecule has 0 heterocycles. The lowest BCUT2D eigenvalue weighted by Crippen LogP contribution is -2.11. The summed E-state index contributed by atoms with van der Waals surface area (Å²) in [7, 11) is 0. The predicted octanol–water partition coefficient (Wildman–Crippen LogP) is 3.99. The average Bonchev–Trinajstić information content (AvgIpc) is 2.64. The minimum Gasteiger partial charge on any atom is -0.388 e. The molecule has 2 rings (SSSR count). The molecule has 3 heteroatoms. The van der Waals surface area contributed by atoms with E-state index in [2.05, 4.69) is 0 Å². The smallest absolute Gasteiger partial charge is 0.134 e. The summed E-state index contributed by atoms with van der Waals surface area (Å²) < 4.78 is 27.8. The molecule has 0 aliphatic heterocycles. The summed E-state index contributed by atoms with van der Waals surface area (Å²) in [4.78, 5) is 0. The van der Waals surface area contributed by atoms with Crippen molar-refractivity contribution in [2.24, 2.45) is 16.7 Å². The van der Waals surface area contributed by atoms with Crippen molar-refractivity contribution in [3.8, 4) is 0 Å². The van der Waals surface area contributed by atoms with E-state index in [1.807, 2.05) is 27.7 Å². The highest BCUT2D eigenvalue weighted by Gasteiger charge is 2.67. The zero-order valence-corrected chi connectivity index (χ0v) is 11.5. The van der Waals surface area contributed by atoms with Crippen LogP contribution >= 0.6 is 0 Å². The normalized spacial score (nSPS) is 22.9. The Morgan fingerprint density at radius 3 is 2.06 bits per heavy atom. The fourth-order valence-electron chi connectivity index (χ4n) is 3.15. The third kappa shape index (κ3) is 1.60. The molecule has 1 nitrogen and oxygen atoms in total. The fraction of sp³-hybridized carbons (Fsp3) is 0.600. The first kappa shape index (κ1) is 13.5. The molecule has 1 fully saturated rings. The Morgan fingerprint density at radius 2 is 1.61 bits per heavy atom. The Hall–Kier alpha value is -0.960. The molecule has 1 aliphatic carbocycles. The zero-order chi connectivity index (χ0) is 13.9. The Kier molecular flexibility index (Phi) is 2.82. The van der Waals surface area contributed by atoms with Gasteiger partial charge in [0.05, 0.1) is 11.7 Å². The minimum atomic E-state index is -1.09. The Morgan fingerprint density at radius 1 is 1.11 bits per heavy atom. The molecule has 0 radical (unpaired) electrons. The van der Waals surface area contributed by atoms with E-state index < -0.39 is 17.7 Å². The molecule has 100 valence electrons. The van der Waals surface area contributed by atoms with Crippen molar-refractivity contribution < 1.29 is 13.9 Å². The largest absolute Gasteiger partial charge is 0.388 e. The molecule has 0 amide bonds. The van der Waals surface area contributed by atoms with Gasteiger partial charge in [0.1, 0.15) is 11.6 Å². The highest BCUT2D eigenvalue weighted by molar-refractivity contribution is 5.32. The topological polar surface area (TPSA) is 20.2 Å². The van der Waals surface area contributed by atoms with Crippen LogP contribution in [0.3, 0.4) is 0 Å². The summed E-state index contributed by atoms with van der Waals surface area (Å²) in [6.45, 7) is 9.66. The Balaban J connectivity index is 2.43. The van der Waals surface area contributed by atoms with Crippen LogP contribution in [-0.4, -0.2) is 5.11 Å². The first-order chi connectivity index (χ1) is 8.12. The molecule has 1 aliphatic rings. The average molecular weight is 254 g/mol. The van der Waals surface area contributed by atoms with E-state index in [4.69, 9.17) is 0 Å². The zero-order valence-electron chi connectivity index (χ0n) is 11.5. The van der Waals surface area contributed by atoms with Gasteiger partial charge in [0, 0.05) is 5.92 Å². The Labute approximate surface area is 107 Å². The molecule has 0 saturated heterocycles. The third-order valence-corrected chi connectivity index (χ3v) is 5.06. The van der Waals surface area contributed by atoms with Crippen LogP contribution in [0.5, 0.6) is 0 Å². The van der Waals surface area contributed by atoms with Crippen LogP contribution in [0.15, 0.2) is 12.1 Å². The van der Waals surface area contributed by atoms with Gasteiger partial charge in [-0.25, -0.2) is 8.78 Å². The molecular formula is C15H20F2O. The second kappa shape index (κ2) is 3.77. The van der Waals surface area contributed by atoms with Crippen molar-refractivity contribution in [1.29, 1.82) is 0 Å². The third-order valence-electron chi connectivity index (χ3n) is 5.06. The standard InChI is InChI=1S/C15H20F2O/c1-8-6-7-9(16)10(11(8)17)12(18)13-14(2,3)15(13,4)5/h6-7,12-13,18H,1-5H3. The lowest BCUT2D eigenvalue weighted by Gasteiger charge is -2.16. The second-order valence-corrected chi connectivity index (χ2v) is 6.46. The van der Waals surface area contributed by atoms with Crippen LogP contribution in [0.25, 0.3) is 0 Å². The molecule has 1 aromatic carbocycles. The Bertz CT molecular complexity index is 478. The van der Waals surface area contributed by atoms with Gasteiger partial charge < -0.3 is 5.11 Å². The molecule has 1 saturated carbocycles. The summed E-state index contributed by atoms with van der Waals surface area (Å²) in [5, 5.41) is 10.3. The van der Waals surface area contributed by atoms with Gasteiger partial charge in [0.15, 0.2) is 0 Å². The van der Waals surface area contributed by atoms with Crippen molar-refractivity contribution in [1.82, 2.24) is 0 Å². The molecule has 1 N–H and O–H groups in total. The number of benzene rings is 1. The van der Waals surface area contributed by atoms with Crippen LogP contribution in [0, 0.1) is 35.3 Å². The predicted molar refractivity (Wildman–Crippen MR) is 67.1 cm³/mol. The van der Waals surface area contributed by atoms with Gasteiger partial charge in [-0.05, 0) is 29.4 Å². The van der Waals surface area contributed by atoms with E-state index in [0.717, 1.165) is 0 Å². The molecule has 1 unspecified atom stereocenters. The van der Waals surface area contributed by atoms with E-state index >= 15 is 0 Å². The number of aliphatic hydroxyl groups excluding tert-OH is 1. The minimum absolute atomic E-state index is 0.116. The van der Waals surface area contributed by atoms with Crippen molar-refractivity contribution in [2.75, 3.05) is 0 Å². The molecular weight excluding hydrogens is 234 g/mol. The van der Waals surface area contributed by atoms with Gasteiger partial charge in [-0.1, -0.05) is 33.8 Å². The van der Waals surface area contributed by atoms with Crippen LogP contribution in [0.1, 0.15) is 44.9 Å². The molecule has 0 aromatic heterocycles. The number of aryl methyl sites for hydroxylation is 1. The molecule has 1 aromatic rings. The van der Waals surface area contributed by atoms with E-state index in [9.17, 15) is 13.9 Å². The fourth-order valence-corrected chi connectivity index (χ4v) is 3.15. The van der Waals surface area contributed by atoms with E-state index in [1.54, 1.807) is 6.92 Å². The van der Waals surface area contributed by atoms with E-state index in [1.165, 1.54) is 12.1 Å². The number of hydrogen-bond acceptors (Lipinski definition) is 1. The lowest BCUT2D eigenvalue weighted by molar-refractivity contribution is 0.122.